The molecule has 38 heavy (non-hydrogen) atoms. The summed E-state index contributed by atoms with van der Waals surface area (Å²) in [6.07, 6.45) is 9.52. The number of piperidine rings is 1. The fourth-order valence-electron chi connectivity index (χ4n) is 6.01. The Hall–Kier alpha value is -4.07. The first-order chi connectivity index (χ1) is 18.6. The highest BCUT2D eigenvalue weighted by Crippen LogP contribution is 2.37. The number of aromatic nitrogens is 5. The third kappa shape index (κ3) is 3.69. The predicted molar refractivity (Wildman–Crippen MR) is 146 cm³/mol. The summed E-state index contributed by atoms with van der Waals surface area (Å²) in [5.41, 5.74) is 3.01. The molecular weight excluding hydrogens is 496 g/mol. The summed E-state index contributed by atoms with van der Waals surface area (Å²) in [5.74, 6) is 0.133. The Kier molecular flexibility index (Phi) is 5.49. The molecule has 0 spiro atoms. The van der Waals surface area contributed by atoms with Crippen LogP contribution < -0.4 is 0 Å². The first-order valence-electron chi connectivity index (χ1n) is 12.9. The molecule has 190 valence electrons. The Morgan fingerprint density at radius 3 is 2.84 bits per heavy atom. The topological polar surface area (TPSA) is 107 Å². The highest BCUT2D eigenvalue weighted by Gasteiger charge is 2.48. The van der Waals surface area contributed by atoms with Crippen molar-refractivity contribution in [3.63, 3.8) is 0 Å². The van der Waals surface area contributed by atoms with Gasteiger partial charge in [0.15, 0.2) is 0 Å². The van der Waals surface area contributed by atoms with Crippen LogP contribution >= 0.6 is 11.3 Å². The Morgan fingerprint density at radius 2 is 2.00 bits per heavy atom. The van der Waals surface area contributed by atoms with E-state index in [9.17, 15) is 10.1 Å². The fourth-order valence-corrected chi connectivity index (χ4v) is 6.94. The molecule has 10 heteroatoms. The molecule has 9 nitrogen and oxygen atoms in total. The normalized spacial score (nSPS) is 18.0. The third-order valence-corrected chi connectivity index (χ3v) is 9.04. The van der Waals surface area contributed by atoms with Gasteiger partial charge in [0.05, 0.1) is 29.9 Å². The molecule has 0 atom stereocenters. The number of fused-ring (bicyclic) bond motifs is 2. The van der Waals surface area contributed by atoms with Gasteiger partial charge in [-0.2, -0.15) is 10.4 Å². The van der Waals surface area contributed by atoms with Crippen molar-refractivity contribution in [3.05, 3.63) is 66.2 Å². The highest BCUT2D eigenvalue weighted by molar-refractivity contribution is 7.17. The quantitative estimate of drug-likeness (QED) is 0.370. The van der Waals surface area contributed by atoms with Crippen LogP contribution in [0.2, 0.25) is 0 Å². The number of likely N-dealkylation sites (tertiary alicyclic amines) is 2. The van der Waals surface area contributed by atoms with Crippen LogP contribution in [-0.4, -0.2) is 72.7 Å². The van der Waals surface area contributed by atoms with Crippen molar-refractivity contribution >= 4 is 38.4 Å². The van der Waals surface area contributed by atoms with Gasteiger partial charge in [-0.25, -0.2) is 9.97 Å². The number of thiophene rings is 1. The zero-order chi connectivity index (χ0) is 25.7. The molecule has 6 heterocycles. The lowest BCUT2D eigenvalue weighted by Crippen LogP contribution is -2.66. The van der Waals surface area contributed by atoms with E-state index in [0.717, 1.165) is 77.0 Å². The van der Waals surface area contributed by atoms with Gasteiger partial charge in [0.1, 0.15) is 17.5 Å². The average molecular weight is 523 g/mol. The van der Waals surface area contributed by atoms with Crippen molar-refractivity contribution < 1.29 is 4.79 Å². The average Bonchev–Trinajstić information content (AvgIpc) is 3.70. The van der Waals surface area contributed by atoms with Gasteiger partial charge in [0.2, 0.25) is 0 Å². The van der Waals surface area contributed by atoms with E-state index in [1.54, 1.807) is 17.7 Å². The van der Waals surface area contributed by atoms with E-state index in [2.05, 4.69) is 37.1 Å². The predicted octanol–water partition coefficient (Wildman–Crippen LogP) is 4.27. The van der Waals surface area contributed by atoms with Gasteiger partial charge in [-0.1, -0.05) is 18.2 Å². The fraction of sp³-hybridized carbons (Fsp3) is 0.321. The van der Waals surface area contributed by atoms with Crippen molar-refractivity contribution in [1.82, 2.24) is 34.5 Å². The highest BCUT2D eigenvalue weighted by atomic mass is 32.1. The van der Waals surface area contributed by atoms with Crippen molar-refractivity contribution in [3.8, 4) is 17.3 Å². The number of aromatic amines is 1. The van der Waals surface area contributed by atoms with Gasteiger partial charge in [-0.15, -0.1) is 11.3 Å². The second-order valence-electron chi connectivity index (χ2n) is 10.3. The van der Waals surface area contributed by atoms with Crippen LogP contribution in [-0.2, 0) is 5.54 Å². The number of hydrogen-bond acceptors (Lipinski definition) is 7. The molecule has 1 aromatic carbocycles. The van der Waals surface area contributed by atoms with E-state index < -0.39 is 0 Å². The Balaban J connectivity index is 1.03. The number of nitriles is 1. The minimum atomic E-state index is -0.347. The minimum Gasteiger partial charge on any atom is -0.346 e. The molecule has 4 aromatic heterocycles. The van der Waals surface area contributed by atoms with Crippen molar-refractivity contribution in [2.45, 2.75) is 30.8 Å². The van der Waals surface area contributed by atoms with Crippen LogP contribution in [0.4, 0.5) is 0 Å². The Morgan fingerprint density at radius 1 is 1.16 bits per heavy atom. The minimum absolute atomic E-state index is 0.133. The first kappa shape index (κ1) is 23.1. The molecule has 7 rings (SSSR count). The maximum absolute atomic E-state index is 13.3. The number of nitrogens with zero attached hydrogens (tertiary/aromatic N) is 7. The maximum atomic E-state index is 13.3. The zero-order valence-corrected chi connectivity index (χ0v) is 21.6. The summed E-state index contributed by atoms with van der Waals surface area (Å²) >= 11 is 1.63. The lowest BCUT2D eigenvalue weighted by Gasteiger charge is -2.53. The summed E-state index contributed by atoms with van der Waals surface area (Å²) in [5, 5.41) is 18.3. The summed E-state index contributed by atoms with van der Waals surface area (Å²) in [7, 11) is 0. The maximum Gasteiger partial charge on any atom is 0.255 e. The van der Waals surface area contributed by atoms with Gasteiger partial charge in [0.25, 0.3) is 5.91 Å². The van der Waals surface area contributed by atoms with Crippen molar-refractivity contribution in [2.24, 2.45) is 0 Å². The van der Waals surface area contributed by atoms with Crippen LogP contribution in [0, 0.1) is 11.3 Å². The van der Waals surface area contributed by atoms with Crippen molar-refractivity contribution in [1.29, 1.82) is 5.26 Å². The van der Waals surface area contributed by atoms with Gasteiger partial charge in [-0.05, 0) is 25.0 Å². The van der Waals surface area contributed by atoms with E-state index in [1.807, 2.05) is 57.8 Å². The summed E-state index contributed by atoms with van der Waals surface area (Å²) in [6, 6.07) is 12.9. The molecule has 1 N–H and O–H groups in total. The van der Waals surface area contributed by atoms with Crippen LogP contribution in [0.5, 0.6) is 0 Å². The molecule has 2 aliphatic heterocycles. The SMILES string of the molecule is N#CCC1(n2cc(-c3ncnc4[nH]ccc34)cn2)CN(C2CCN(C(=O)c3csc4ccccc34)CC2)C1. The van der Waals surface area contributed by atoms with Gasteiger partial charge >= 0.3 is 0 Å². The number of benzene rings is 1. The van der Waals surface area contributed by atoms with Crippen LogP contribution in [0.25, 0.3) is 32.4 Å². The van der Waals surface area contributed by atoms with Crippen LogP contribution in [0.3, 0.4) is 0 Å². The molecule has 2 saturated heterocycles. The molecular formula is C28H26N8OS. The Labute approximate surface area is 223 Å². The van der Waals surface area contributed by atoms with E-state index in [0.29, 0.717) is 12.5 Å². The van der Waals surface area contributed by atoms with E-state index >= 15 is 0 Å². The number of rotatable bonds is 5. The number of nitrogens with one attached hydrogen (secondary N) is 1. The number of hydrogen-bond donors (Lipinski definition) is 1. The number of carbonyl (C=O) groups excluding carboxylic acids is 1. The molecule has 5 aromatic rings. The largest absolute Gasteiger partial charge is 0.346 e. The summed E-state index contributed by atoms with van der Waals surface area (Å²) in [6.45, 7) is 3.06. The van der Waals surface area contributed by atoms with E-state index in [-0.39, 0.29) is 11.4 Å². The monoisotopic (exact) mass is 522 g/mol. The summed E-state index contributed by atoms with van der Waals surface area (Å²) in [4.78, 5) is 29.6. The van der Waals surface area contributed by atoms with Gasteiger partial charge in [-0.3, -0.25) is 14.4 Å². The number of H-pyrrole nitrogens is 1. The smallest absolute Gasteiger partial charge is 0.255 e. The standard InChI is InChI=1S/C28H26N8OS/c29-9-8-28(36-14-19(13-33-36)25-22-5-10-30-26(22)32-18-31-25)16-35(17-28)20-6-11-34(12-7-20)27(37)23-15-38-24-4-2-1-3-21(23)24/h1-5,10,13-15,18,20H,6-8,11-12,16-17H2,(H,30,31,32). The number of carbonyl (C=O) groups is 1. The second-order valence-corrected chi connectivity index (χ2v) is 11.2. The molecule has 2 fully saturated rings. The Bertz CT molecular complexity index is 1680. The van der Waals surface area contributed by atoms with Crippen LogP contribution in [0.1, 0.15) is 29.6 Å². The van der Waals surface area contributed by atoms with Gasteiger partial charge < -0.3 is 9.88 Å². The summed E-state index contributed by atoms with van der Waals surface area (Å²) < 4.78 is 3.11. The molecule has 0 unspecified atom stereocenters. The molecule has 0 saturated carbocycles. The van der Waals surface area contributed by atoms with Gasteiger partial charge in [0, 0.05) is 71.0 Å². The first-order valence-corrected chi connectivity index (χ1v) is 13.7. The van der Waals surface area contributed by atoms with Crippen LogP contribution in [0.15, 0.2) is 60.6 Å². The molecule has 0 aliphatic carbocycles. The molecule has 0 bridgehead atoms. The molecule has 1 amide bonds. The third-order valence-electron chi connectivity index (χ3n) is 8.08. The lowest BCUT2D eigenvalue weighted by atomic mass is 9.83. The zero-order valence-electron chi connectivity index (χ0n) is 20.7. The lowest BCUT2D eigenvalue weighted by molar-refractivity contribution is -0.0412. The van der Waals surface area contributed by atoms with E-state index in [4.69, 9.17) is 0 Å². The molecule has 0 radical (unpaired) electrons. The van der Waals surface area contributed by atoms with Crippen molar-refractivity contribution in [2.75, 3.05) is 26.2 Å². The van der Waals surface area contributed by atoms with E-state index in [1.165, 1.54) is 0 Å². The number of amides is 1. The second kappa shape index (κ2) is 9.04. The molecule has 2 aliphatic rings.